The van der Waals surface area contributed by atoms with Gasteiger partial charge in [-0.25, -0.2) is 4.68 Å². The molecule has 0 bridgehead atoms. The van der Waals surface area contributed by atoms with Crippen LogP contribution in [0.5, 0.6) is 0 Å². The minimum atomic E-state index is -3.83. The lowest BCUT2D eigenvalue weighted by Gasteiger charge is -2.14. The van der Waals surface area contributed by atoms with Crippen LogP contribution in [0.3, 0.4) is 0 Å². The molecule has 1 fully saturated rings. The third kappa shape index (κ3) is 6.56. The van der Waals surface area contributed by atoms with E-state index in [-0.39, 0.29) is 16.6 Å². The van der Waals surface area contributed by atoms with Gasteiger partial charge in [-0.3, -0.25) is 9.69 Å². The van der Waals surface area contributed by atoms with Crippen molar-refractivity contribution in [2.75, 3.05) is 24.7 Å². The van der Waals surface area contributed by atoms with Crippen LogP contribution in [0.4, 0.5) is 5.69 Å². The number of benzene rings is 3. The Morgan fingerprint density at radius 1 is 0.976 bits per heavy atom. The minimum Gasteiger partial charge on any atom is -0.368 e. The number of nitrogens with zero attached hydrogens (tertiary/aromatic N) is 7. The number of aromatic nitrogens is 2. The molecule has 0 saturated carbocycles. The fourth-order valence-electron chi connectivity index (χ4n) is 3.84. The first kappa shape index (κ1) is 28.3. The Morgan fingerprint density at radius 2 is 1.66 bits per heavy atom. The predicted octanol–water partition coefficient (Wildman–Crippen LogP) is 4.94. The SMILES string of the molecule is CN(C)/C=N/S(=O)(=O)c1ccc(-n2cc(/C=N\N=C3/SCC(=O)N3c3ccc(Cl)cc3)c(-c3ccccc3)n2)cc1. The van der Waals surface area contributed by atoms with E-state index in [2.05, 4.69) is 14.6 Å². The highest BCUT2D eigenvalue weighted by Crippen LogP contribution is 2.28. The Labute approximate surface area is 246 Å². The molecule has 10 nitrogen and oxygen atoms in total. The third-order valence-electron chi connectivity index (χ3n) is 5.80. The average molecular weight is 606 g/mol. The zero-order valence-electron chi connectivity index (χ0n) is 22.0. The van der Waals surface area contributed by atoms with Gasteiger partial charge in [0.25, 0.3) is 10.0 Å². The quantitative estimate of drug-likeness (QED) is 0.160. The second-order valence-electron chi connectivity index (χ2n) is 9.02. The van der Waals surface area contributed by atoms with Gasteiger partial charge in [0, 0.05) is 36.4 Å². The zero-order valence-corrected chi connectivity index (χ0v) is 24.4. The molecule has 0 N–H and O–H groups in total. The Hall–Kier alpha value is -4.26. The summed E-state index contributed by atoms with van der Waals surface area (Å²) in [6, 6.07) is 22.8. The van der Waals surface area contributed by atoms with E-state index in [1.165, 1.54) is 35.1 Å². The molecule has 41 heavy (non-hydrogen) atoms. The van der Waals surface area contributed by atoms with Gasteiger partial charge in [0.1, 0.15) is 12.0 Å². The number of amides is 1. The summed E-state index contributed by atoms with van der Waals surface area (Å²) in [7, 11) is -0.439. The second kappa shape index (κ2) is 12.1. The molecule has 1 aromatic heterocycles. The van der Waals surface area contributed by atoms with Gasteiger partial charge < -0.3 is 4.90 Å². The van der Waals surface area contributed by atoms with E-state index in [4.69, 9.17) is 16.7 Å². The molecule has 0 unspecified atom stereocenters. The van der Waals surface area contributed by atoms with Crippen molar-refractivity contribution in [3.8, 4) is 16.9 Å². The van der Waals surface area contributed by atoms with E-state index in [1.54, 1.807) is 72.5 Å². The summed E-state index contributed by atoms with van der Waals surface area (Å²) in [5.41, 5.74) is 3.51. The molecule has 0 spiro atoms. The van der Waals surface area contributed by atoms with Crippen molar-refractivity contribution < 1.29 is 13.2 Å². The van der Waals surface area contributed by atoms with Crippen molar-refractivity contribution in [1.82, 2.24) is 14.7 Å². The van der Waals surface area contributed by atoms with Crippen LogP contribution in [0.15, 0.2) is 105 Å². The lowest BCUT2D eigenvalue weighted by atomic mass is 10.1. The highest BCUT2D eigenvalue weighted by molar-refractivity contribution is 8.15. The minimum absolute atomic E-state index is 0.0706. The number of anilines is 1. The topological polar surface area (TPSA) is 113 Å². The van der Waals surface area contributed by atoms with Crippen LogP contribution in [-0.4, -0.2) is 66.6 Å². The fraction of sp³-hybridized carbons (Fsp3) is 0.107. The standard InChI is InChI=1S/C28H24ClN7O3S2/c1-34(2)19-31-41(38,39)25-14-12-23(13-15-25)35-17-21(27(33-35)20-6-4-3-5-7-20)16-30-32-28-36(26(37)18-40-28)24-10-8-22(29)9-11-24/h3-17,19H,18H2,1-2H3/b30-16-,31-19+,32-28-. The van der Waals surface area contributed by atoms with Crippen molar-refractivity contribution in [2.24, 2.45) is 14.6 Å². The van der Waals surface area contributed by atoms with Gasteiger partial charge >= 0.3 is 0 Å². The van der Waals surface area contributed by atoms with Gasteiger partial charge in [-0.2, -0.15) is 18.6 Å². The molecule has 2 heterocycles. The van der Waals surface area contributed by atoms with Crippen molar-refractivity contribution in [1.29, 1.82) is 0 Å². The van der Waals surface area contributed by atoms with Crippen LogP contribution in [0, 0.1) is 0 Å². The lowest BCUT2D eigenvalue weighted by molar-refractivity contribution is -0.115. The van der Waals surface area contributed by atoms with Gasteiger partial charge in [-0.05, 0) is 48.5 Å². The van der Waals surface area contributed by atoms with E-state index >= 15 is 0 Å². The van der Waals surface area contributed by atoms with Crippen LogP contribution in [-0.2, 0) is 14.8 Å². The van der Waals surface area contributed by atoms with Gasteiger partial charge in [0.15, 0.2) is 5.17 Å². The van der Waals surface area contributed by atoms with Crippen molar-refractivity contribution >= 4 is 62.7 Å². The summed E-state index contributed by atoms with van der Waals surface area (Å²) >= 11 is 7.30. The van der Waals surface area contributed by atoms with Crippen molar-refractivity contribution in [3.63, 3.8) is 0 Å². The summed E-state index contributed by atoms with van der Waals surface area (Å²) in [4.78, 5) is 15.7. The van der Waals surface area contributed by atoms with Crippen molar-refractivity contribution in [2.45, 2.75) is 4.90 Å². The number of carbonyl (C=O) groups excluding carboxylic acids is 1. The number of hydrogen-bond acceptors (Lipinski definition) is 7. The largest absolute Gasteiger partial charge is 0.368 e. The molecule has 13 heteroatoms. The van der Waals surface area contributed by atoms with E-state index in [1.807, 2.05) is 30.3 Å². The first-order valence-corrected chi connectivity index (χ1v) is 15.1. The molecule has 5 rings (SSSR count). The highest BCUT2D eigenvalue weighted by atomic mass is 35.5. The summed E-state index contributed by atoms with van der Waals surface area (Å²) in [5.74, 6) is 0.165. The maximum Gasteiger partial charge on any atom is 0.283 e. The van der Waals surface area contributed by atoms with Crippen LogP contribution >= 0.6 is 23.4 Å². The Kier molecular flexibility index (Phi) is 8.34. The number of amidine groups is 1. The summed E-state index contributed by atoms with van der Waals surface area (Å²) in [6.45, 7) is 0. The van der Waals surface area contributed by atoms with E-state index in [9.17, 15) is 13.2 Å². The van der Waals surface area contributed by atoms with Crippen LogP contribution < -0.4 is 4.90 Å². The zero-order chi connectivity index (χ0) is 29.0. The van der Waals surface area contributed by atoms with Gasteiger partial charge in [0.2, 0.25) is 5.91 Å². The molecule has 4 aromatic rings. The van der Waals surface area contributed by atoms with Gasteiger partial charge in [-0.15, -0.1) is 9.50 Å². The number of hydrogen-bond donors (Lipinski definition) is 0. The maximum atomic E-state index is 12.5. The van der Waals surface area contributed by atoms with E-state index in [0.717, 1.165) is 5.56 Å². The number of sulfonamides is 1. The van der Waals surface area contributed by atoms with Crippen LogP contribution in [0.1, 0.15) is 5.56 Å². The molecule has 1 saturated heterocycles. The summed E-state index contributed by atoms with van der Waals surface area (Å²) in [6.07, 6.45) is 4.60. The van der Waals surface area contributed by atoms with Crippen LogP contribution in [0.2, 0.25) is 5.02 Å². The molecule has 0 atom stereocenters. The Morgan fingerprint density at radius 3 is 2.34 bits per heavy atom. The molecular weight excluding hydrogens is 582 g/mol. The van der Waals surface area contributed by atoms with E-state index in [0.29, 0.717) is 32.8 Å². The average Bonchev–Trinajstić information content (AvgIpc) is 3.57. The summed E-state index contributed by atoms with van der Waals surface area (Å²) < 4.78 is 30.3. The first-order chi connectivity index (χ1) is 19.7. The fourth-order valence-corrected chi connectivity index (χ4v) is 5.71. The van der Waals surface area contributed by atoms with Gasteiger partial charge in [0.05, 0.1) is 28.2 Å². The number of thioether (sulfide) groups is 1. The second-order valence-corrected chi connectivity index (χ2v) is 12.0. The smallest absolute Gasteiger partial charge is 0.283 e. The van der Waals surface area contributed by atoms with E-state index < -0.39 is 10.0 Å². The molecule has 3 aromatic carbocycles. The molecule has 1 aliphatic heterocycles. The third-order valence-corrected chi connectivity index (χ3v) is 8.20. The predicted molar refractivity (Wildman–Crippen MR) is 165 cm³/mol. The molecule has 208 valence electrons. The molecular formula is C28H24ClN7O3S2. The number of carbonyl (C=O) groups is 1. The van der Waals surface area contributed by atoms with Crippen LogP contribution in [0.25, 0.3) is 16.9 Å². The number of rotatable bonds is 8. The highest BCUT2D eigenvalue weighted by Gasteiger charge is 2.29. The molecule has 0 aliphatic carbocycles. The first-order valence-electron chi connectivity index (χ1n) is 12.3. The monoisotopic (exact) mass is 605 g/mol. The number of halogens is 1. The molecule has 0 radical (unpaired) electrons. The normalized spacial score (nSPS) is 15.0. The maximum absolute atomic E-state index is 12.5. The van der Waals surface area contributed by atoms with Gasteiger partial charge in [-0.1, -0.05) is 53.7 Å². The van der Waals surface area contributed by atoms with Crippen molar-refractivity contribution in [3.05, 3.63) is 95.6 Å². The molecule has 1 aliphatic rings. The summed E-state index contributed by atoms with van der Waals surface area (Å²) in [5, 5.41) is 14.4. The lowest BCUT2D eigenvalue weighted by Crippen LogP contribution is -2.28. The Balaban J connectivity index is 1.46. The Bertz CT molecular complexity index is 1750. The molecule has 1 amide bonds.